The molecule has 0 saturated heterocycles. The van der Waals surface area contributed by atoms with E-state index >= 15 is 0 Å². The van der Waals surface area contributed by atoms with Gasteiger partial charge in [0.15, 0.2) is 11.4 Å². The average Bonchev–Trinajstić information content (AvgIpc) is 3.05. The zero-order valence-electron chi connectivity index (χ0n) is 11.6. The highest BCUT2D eigenvalue weighted by Gasteiger charge is 2.15. The molecular weight excluding hydrogens is 254 g/mol. The number of rotatable bonds is 4. The van der Waals surface area contributed by atoms with Gasteiger partial charge in [-0.2, -0.15) is 4.98 Å². The molecule has 0 aliphatic rings. The lowest BCUT2D eigenvalue weighted by molar-refractivity contribution is 0.521. The van der Waals surface area contributed by atoms with Crippen molar-refractivity contribution in [2.24, 2.45) is 5.92 Å². The van der Waals surface area contributed by atoms with Gasteiger partial charge in [0.2, 0.25) is 5.95 Å². The Labute approximate surface area is 116 Å². The minimum Gasteiger partial charge on any atom is -0.463 e. The third kappa shape index (κ3) is 2.24. The first-order valence-corrected chi connectivity index (χ1v) is 6.67. The molecule has 0 aliphatic heterocycles. The molecule has 0 atom stereocenters. The third-order valence-corrected chi connectivity index (χ3v) is 3.18. The van der Waals surface area contributed by atoms with Crippen LogP contribution in [0.4, 0.5) is 5.95 Å². The molecular formula is C14H17N5O. The SMILES string of the molecule is CC(C)CCn1cnc2c(-c3ccco3)nc(N)nc21. The lowest BCUT2D eigenvalue weighted by Gasteiger charge is -2.07. The number of hydrogen-bond acceptors (Lipinski definition) is 5. The van der Waals surface area contributed by atoms with E-state index in [1.807, 2.05) is 16.7 Å². The molecule has 3 heterocycles. The fourth-order valence-corrected chi connectivity index (χ4v) is 2.11. The van der Waals surface area contributed by atoms with Gasteiger partial charge in [-0.3, -0.25) is 0 Å². The van der Waals surface area contributed by atoms with Crippen molar-refractivity contribution in [3.63, 3.8) is 0 Å². The summed E-state index contributed by atoms with van der Waals surface area (Å²) in [7, 11) is 0. The van der Waals surface area contributed by atoms with Gasteiger partial charge in [0.05, 0.1) is 12.6 Å². The van der Waals surface area contributed by atoms with E-state index in [9.17, 15) is 0 Å². The summed E-state index contributed by atoms with van der Waals surface area (Å²) in [6, 6.07) is 3.66. The van der Waals surface area contributed by atoms with Crippen LogP contribution < -0.4 is 5.73 Å². The third-order valence-electron chi connectivity index (χ3n) is 3.18. The molecule has 6 heteroatoms. The fraction of sp³-hybridized carbons (Fsp3) is 0.357. The molecule has 3 aromatic rings. The van der Waals surface area contributed by atoms with E-state index in [0.717, 1.165) is 24.1 Å². The normalized spacial score (nSPS) is 11.6. The Hall–Kier alpha value is -2.37. The molecule has 0 bridgehead atoms. The monoisotopic (exact) mass is 271 g/mol. The van der Waals surface area contributed by atoms with Crippen molar-refractivity contribution in [2.45, 2.75) is 26.8 Å². The second-order valence-corrected chi connectivity index (χ2v) is 5.20. The highest BCUT2D eigenvalue weighted by molar-refractivity contribution is 5.86. The van der Waals surface area contributed by atoms with E-state index in [2.05, 4.69) is 28.8 Å². The number of anilines is 1. The topological polar surface area (TPSA) is 82.8 Å². The summed E-state index contributed by atoms with van der Waals surface area (Å²) in [5.74, 6) is 1.50. The second-order valence-electron chi connectivity index (χ2n) is 5.20. The zero-order chi connectivity index (χ0) is 14.1. The summed E-state index contributed by atoms with van der Waals surface area (Å²) in [6.45, 7) is 5.25. The predicted molar refractivity (Wildman–Crippen MR) is 76.9 cm³/mol. The van der Waals surface area contributed by atoms with E-state index in [0.29, 0.717) is 17.4 Å². The Kier molecular flexibility index (Phi) is 3.14. The van der Waals surface area contributed by atoms with Gasteiger partial charge in [-0.25, -0.2) is 9.97 Å². The predicted octanol–water partition coefficient (Wildman–Crippen LogP) is 2.71. The van der Waals surface area contributed by atoms with Gasteiger partial charge in [0.1, 0.15) is 11.2 Å². The van der Waals surface area contributed by atoms with Gasteiger partial charge in [0.25, 0.3) is 0 Å². The molecule has 0 amide bonds. The van der Waals surface area contributed by atoms with Crippen LogP contribution in [0.1, 0.15) is 20.3 Å². The molecule has 3 rings (SSSR count). The van der Waals surface area contributed by atoms with Gasteiger partial charge in [-0.15, -0.1) is 0 Å². The fourth-order valence-electron chi connectivity index (χ4n) is 2.11. The first-order chi connectivity index (χ1) is 9.65. The van der Waals surface area contributed by atoms with Crippen LogP contribution in [0.5, 0.6) is 0 Å². The minimum absolute atomic E-state index is 0.232. The molecule has 0 fully saturated rings. The number of hydrogen-bond donors (Lipinski definition) is 1. The Balaban J connectivity index is 2.09. The van der Waals surface area contributed by atoms with E-state index < -0.39 is 0 Å². The summed E-state index contributed by atoms with van der Waals surface area (Å²) in [5, 5.41) is 0. The van der Waals surface area contributed by atoms with Crippen molar-refractivity contribution in [3.05, 3.63) is 24.7 Å². The molecule has 2 N–H and O–H groups in total. The van der Waals surface area contributed by atoms with Crippen molar-refractivity contribution < 1.29 is 4.42 Å². The first-order valence-electron chi connectivity index (χ1n) is 6.67. The highest BCUT2D eigenvalue weighted by atomic mass is 16.3. The standard InChI is InChI=1S/C14H17N5O/c1-9(2)5-6-19-8-16-12-11(10-4-3-7-20-10)17-14(15)18-13(12)19/h3-4,7-9H,5-6H2,1-2H3,(H2,15,17,18). The quantitative estimate of drug-likeness (QED) is 0.788. The maximum absolute atomic E-state index is 5.81. The van der Waals surface area contributed by atoms with Crippen LogP contribution in [-0.4, -0.2) is 19.5 Å². The summed E-state index contributed by atoms with van der Waals surface area (Å²) in [6.07, 6.45) is 4.45. The zero-order valence-corrected chi connectivity index (χ0v) is 11.6. The van der Waals surface area contributed by atoms with Crippen LogP contribution in [0, 0.1) is 5.92 Å². The molecule has 0 aromatic carbocycles. The number of nitrogens with two attached hydrogens (primary N) is 1. The number of aryl methyl sites for hydroxylation is 1. The number of imidazole rings is 1. The Bertz CT molecular complexity index is 715. The second kappa shape index (κ2) is 4.96. The van der Waals surface area contributed by atoms with Crippen molar-refractivity contribution >= 4 is 17.1 Å². The Morgan fingerprint density at radius 2 is 2.20 bits per heavy atom. The molecule has 6 nitrogen and oxygen atoms in total. The van der Waals surface area contributed by atoms with Crippen LogP contribution in [0.2, 0.25) is 0 Å². The molecule has 0 aliphatic carbocycles. The van der Waals surface area contributed by atoms with Crippen LogP contribution in [0.25, 0.3) is 22.6 Å². The summed E-state index contributed by atoms with van der Waals surface area (Å²) >= 11 is 0. The van der Waals surface area contributed by atoms with Crippen LogP contribution in [0.3, 0.4) is 0 Å². The van der Waals surface area contributed by atoms with Crippen molar-refractivity contribution in [1.29, 1.82) is 0 Å². The van der Waals surface area contributed by atoms with E-state index in [4.69, 9.17) is 10.2 Å². The lowest BCUT2D eigenvalue weighted by Crippen LogP contribution is -2.04. The van der Waals surface area contributed by atoms with E-state index in [1.54, 1.807) is 12.6 Å². The van der Waals surface area contributed by atoms with Crippen LogP contribution in [0.15, 0.2) is 29.1 Å². The average molecular weight is 271 g/mol. The number of nitrogens with zero attached hydrogens (tertiary/aromatic N) is 4. The van der Waals surface area contributed by atoms with E-state index in [1.165, 1.54) is 0 Å². The molecule has 20 heavy (non-hydrogen) atoms. The van der Waals surface area contributed by atoms with Gasteiger partial charge in [-0.1, -0.05) is 13.8 Å². The molecule has 0 spiro atoms. The molecule has 3 aromatic heterocycles. The summed E-state index contributed by atoms with van der Waals surface area (Å²) < 4.78 is 7.41. The van der Waals surface area contributed by atoms with Crippen molar-refractivity contribution in [3.8, 4) is 11.5 Å². The lowest BCUT2D eigenvalue weighted by atomic mass is 10.1. The number of fused-ring (bicyclic) bond motifs is 1. The van der Waals surface area contributed by atoms with Gasteiger partial charge in [-0.05, 0) is 24.5 Å². The number of furan rings is 1. The number of nitrogen functional groups attached to an aromatic ring is 1. The molecule has 104 valence electrons. The Morgan fingerprint density at radius 1 is 1.35 bits per heavy atom. The van der Waals surface area contributed by atoms with Gasteiger partial charge >= 0.3 is 0 Å². The van der Waals surface area contributed by atoms with Gasteiger partial charge < -0.3 is 14.7 Å². The maximum atomic E-state index is 5.81. The van der Waals surface area contributed by atoms with Crippen LogP contribution in [-0.2, 0) is 6.54 Å². The van der Waals surface area contributed by atoms with Crippen LogP contribution >= 0.6 is 0 Å². The van der Waals surface area contributed by atoms with Crippen molar-refractivity contribution in [1.82, 2.24) is 19.5 Å². The Morgan fingerprint density at radius 3 is 2.90 bits per heavy atom. The number of aromatic nitrogens is 4. The highest BCUT2D eigenvalue weighted by Crippen LogP contribution is 2.26. The summed E-state index contributed by atoms with van der Waals surface area (Å²) in [5.41, 5.74) is 7.92. The first kappa shape index (κ1) is 12.7. The molecule has 0 radical (unpaired) electrons. The smallest absolute Gasteiger partial charge is 0.222 e. The largest absolute Gasteiger partial charge is 0.463 e. The summed E-state index contributed by atoms with van der Waals surface area (Å²) in [4.78, 5) is 13.0. The van der Waals surface area contributed by atoms with Crippen molar-refractivity contribution in [2.75, 3.05) is 5.73 Å². The van der Waals surface area contributed by atoms with Gasteiger partial charge in [0, 0.05) is 6.54 Å². The molecule has 0 unspecified atom stereocenters. The van der Waals surface area contributed by atoms with E-state index in [-0.39, 0.29) is 5.95 Å². The minimum atomic E-state index is 0.232. The maximum Gasteiger partial charge on any atom is 0.222 e. The molecule has 0 saturated carbocycles.